The molecule has 0 radical (unpaired) electrons. The molecule has 1 heterocycles. The van der Waals surface area contributed by atoms with Crippen LogP contribution >= 0.6 is 0 Å². The number of aliphatic hydroxyl groups excluding tert-OH is 1. The molecule has 5 nitrogen and oxygen atoms in total. The number of esters is 1. The molecule has 0 fully saturated rings. The third kappa shape index (κ3) is 4.17. The lowest BCUT2D eigenvalue weighted by molar-refractivity contribution is -0.141. The Bertz CT molecular complexity index is 1160. The second-order valence-electron chi connectivity index (χ2n) is 7.74. The number of cyclic esters (lactones) is 1. The van der Waals surface area contributed by atoms with Crippen molar-refractivity contribution in [2.24, 2.45) is 0 Å². The van der Waals surface area contributed by atoms with Gasteiger partial charge in [-0.15, -0.1) is 0 Å². The number of fused-ring (bicyclic) bond motifs is 1. The van der Waals surface area contributed by atoms with Crippen LogP contribution in [0.1, 0.15) is 30.4 Å². The van der Waals surface area contributed by atoms with Gasteiger partial charge in [0.05, 0.1) is 7.11 Å². The summed E-state index contributed by atoms with van der Waals surface area (Å²) in [5.74, 6) is -1.28. The van der Waals surface area contributed by atoms with E-state index in [4.69, 9.17) is 9.47 Å². The number of rotatable bonds is 7. The Morgan fingerprint density at radius 1 is 1.06 bits per heavy atom. The zero-order chi connectivity index (χ0) is 22.0. The average molecular weight is 416 g/mol. The minimum absolute atomic E-state index is 0.236. The maximum atomic E-state index is 13.1. The van der Waals surface area contributed by atoms with Gasteiger partial charge in [-0.3, -0.25) is 4.79 Å². The first kappa shape index (κ1) is 20.7. The Morgan fingerprint density at radius 2 is 1.77 bits per heavy atom. The fourth-order valence-electron chi connectivity index (χ4n) is 3.88. The van der Waals surface area contributed by atoms with E-state index < -0.39 is 23.8 Å². The lowest BCUT2D eigenvalue weighted by Gasteiger charge is -2.12. The number of carbonyl (C=O) groups excluding carboxylic acids is 2. The number of hydrogen-bond donors (Lipinski definition) is 1. The maximum absolute atomic E-state index is 13.1. The van der Waals surface area contributed by atoms with Crippen molar-refractivity contribution in [3.63, 3.8) is 0 Å². The van der Waals surface area contributed by atoms with Crippen LogP contribution in [-0.4, -0.2) is 30.1 Å². The first-order valence-electron chi connectivity index (χ1n) is 10.3. The number of ketones is 1. The van der Waals surface area contributed by atoms with Gasteiger partial charge in [0.2, 0.25) is 0 Å². The summed E-state index contributed by atoms with van der Waals surface area (Å²) in [7, 11) is 1.62. The quantitative estimate of drug-likeness (QED) is 0.438. The second-order valence-corrected chi connectivity index (χ2v) is 7.74. The first-order valence-corrected chi connectivity index (χ1v) is 10.3. The molecule has 1 N–H and O–H groups in total. The molecule has 5 heteroatoms. The highest BCUT2D eigenvalue weighted by molar-refractivity contribution is 6.21. The topological polar surface area (TPSA) is 72.8 Å². The van der Waals surface area contributed by atoms with Gasteiger partial charge < -0.3 is 14.6 Å². The summed E-state index contributed by atoms with van der Waals surface area (Å²) in [6.07, 6.45) is 0.265. The van der Waals surface area contributed by atoms with Gasteiger partial charge in [0.15, 0.2) is 17.6 Å². The number of aliphatic hydroxyl groups is 1. The zero-order valence-electron chi connectivity index (χ0n) is 17.5. The Hall–Kier alpha value is -3.60. The standard InChI is InChI=1S/C26H24O5/c1-16(18-9-10-20-15-21(30-2)12-11-19(20)14-18)24(27)23-25(28)22(31-26(23)29)13-8-17-6-4-3-5-7-17/h3-7,9-12,14-16,22,28H,8,13H2,1-2H3/t16-,22?/m0/s1. The molecule has 0 bridgehead atoms. The van der Waals surface area contributed by atoms with E-state index in [1.807, 2.05) is 66.7 Å². The molecule has 0 amide bonds. The molecule has 0 aromatic heterocycles. The van der Waals surface area contributed by atoms with E-state index in [9.17, 15) is 14.7 Å². The lowest BCUT2D eigenvalue weighted by atomic mass is 9.90. The van der Waals surface area contributed by atoms with Gasteiger partial charge in [0.1, 0.15) is 11.3 Å². The molecule has 31 heavy (non-hydrogen) atoms. The second kappa shape index (κ2) is 8.64. The maximum Gasteiger partial charge on any atom is 0.346 e. The highest BCUT2D eigenvalue weighted by Crippen LogP contribution is 2.31. The average Bonchev–Trinajstić information content (AvgIpc) is 3.09. The summed E-state index contributed by atoms with van der Waals surface area (Å²) in [4.78, 5) is 25.5. The molecule has 158 valence electrons. The monoisotopic (exact) mass is 416 g/mol. The number of aryl methyl sites for hydroxylation is 1. The summed E-state index contributed by atoms with van der Waals surface area (Å²) < 4.78 is 10.6. The van der Waals surface area contributed by atoms with E-state index >= 15 is 0 Å². The normalized spacial score (nSPS) is 17.0. The van der Waals surface area contributed by atoms with Crippen LogP contribution in [0.25, 0.3) is 10.8 Å². The van der Waals surface area contributed by atoms with Crippen LogP contribution in [0.5, 0.6) is 5.75 Å². The number of benzene rings is 3. The highest BCUT2D eigenvalue weighted by Gasteiger charge is 2.39. The van der Waals surface area contributed by atoms with E-state index in [1.54, 1.807) is 14.0 Å². The predicted molar refractivity (Wildman–Crippen MR) is 118 cm³/mol. The first-order chi connectivity index (χ1) is 15.0. The van der Waals surface area contributed by atoms with Crippen LogP contribution < -0.4 is 4.74 Å². The van der Waals surface area contributed by atoms with Gasteiger partial charge >= 0.3 is 5.97 Å². The third-order valence-corrected chi connectivity index (χ3v) is 5.76. The van der Waals surface area contributed by atoms with Gasteiger partial charge in [-0.2, -0.15) is 0 Å². The summed E-state index contributed by atoms with van der Waals surface area (Å²) in [6, 6.07) is 21.1. The van der Waals surface area contributed by atoms with E-state index in [0.29, 0.717) is 12.8 Å². The summed E-state index contributed by atoms with van der Waals surface area (Å²) in [5, 5.41) is 12.5. The van der Waals surface area contributed by atoms with Crippen LogP contribution in [0.3, 0.4) is 0 Å². The largest absolute Gasteiger partial charge is 0.507 e. The van der Waals surface area contributed by atoms with Gasteiger partial charge in [-0.05, 0) is 46.9 Å². The molecule has 0 spiro atoms. The molecular weight excluding hydrogens is 392 g/mol. The van der Waals surface area contributed by atoms with Crippen LogP contribution in [0.4, 0.5) is 0 Å². The third-order valence-electron chi connectivity index (χ3n) is 5.76. The Labute approximate surface area is 180 Å². The molecule has 1 aliphatic rings. The highest BCUT2D eigenvalue weighted by atomic mass is 16.6. The Morgan fingerprint density at radius 3 is 2.52 bits per heavy atom. The number of ether oxygens (including phenoxy) is 2. The van der Waals surface area contributed by atoms with E-state index in [-0.39, 0.29) is 11.3 Å². The SMILES string of the molecule is COc1ccc2cc([C@H](C)C(=O)C3=C(O)C(CCc4ccccc4)OC3=O)ccc2c1. The van der Waals surface area contributed by atoms with Crippen molar-refractivity contribution in [1.82, 2.24) is 0 Å². The van der Waals surface area contributed by atoms with Crippen molar-refractivity contribution < 1.29 is 24.2 Å². The van der Waals surface area contributed by atoms with E-state index in [2.05, 4.69) is 0 Å². The molecule has 4 rings (SSSR count). The van der Waals surface area contributed by atoms with Crippen molar-refractivity contribution >= 4 is 22.5 Å². The molecule has 3 aromatic rings. The van der Waals surface area contributed by atoms with Crippen molar-refractivity contribution in [3.8, 4) is 5.75 Å². The van der Waals surface area contributed by atoms with E-state index in [1.165, 1.54) is 0 Å². The summed E-state index contributed by atoms with van der Waals surface area (Å²) >= 11 is 0. The van der Waals surface area contributed by atoms with Crippen molar-refractivity contribution in [1.29, 1.82) is 0 Å². The molecule has 0 saturated carbocycles. The summed E-state index contributed by atoms with van der Waals surface area (Å²) in [5.41, 5.74) is 1.61. The molecule has 0 aliphatic carbocycles. The fourth-order valence-corrected chi connectivity index (χ4v) is 3.88. The van der Waals surface area contributed by atoms with Crippen LogP contribution in [0, 0.1) is 0 Å². The van der Waals surface area contributed by atoms with Crippen molar-refractivity contribution in [2.75, 3.05) is 7.11 Å². The molecule has 0 saturated heterocycles. The van der Waals surface area contributed by atoms with Crippen molar-refractivity contribution in [3.05, 3.63) is 89.2 Å². The molecule has 2 atom stereocenters. The van der Waals surface area contributed by atoms with Crippen molar-refractivity contribution in [2.45, 2.75) is 31.8 Å². The minimum Gasteiger partial charge on any atom is -0.507 e. The number of carbonyl (C=O) groups is 2. The van der Waals surface area contributed by atoms with Crippen LogP contribution in [0.2, 0.25) is 0 Å². The van der Waals surface area contributed by atoms with E-state index in [0.717, 1.165) is 27.6 Å². The zero-order valence-corrected chi connectivity index (χ0v) is 17.5. The smallest absolute Gasteiger partial charge is 0.346 e. The van der Waals surface area contributed by atoms with Gasteiger partial charge in [-0.1, -0.05) is 61.5 Å². The van der Waals surface area contributed by atoms with Crippen LogP contribution in [0.15, 0.2) is 78.1 Å². The molecule has 3 aromatic carbocycles. The Kier molecular flexibility index (Phi) is 5.76. The van der Waals surface area contributed by atoms with Gasteiger partial charge in [-0.25, -0.2) is 4.79 Å². The number of Topliss-reactive ketones (excluding diaryl/α,β-unsaturated/α-hetero) is 1. The minimum atomic E-state index is -0.789. The van der Waals surface area contributed by atoms with Crippen LogP contribution in [-0.2, 0) is 20.7 Å². The fraction of sp³-hybridized carbons (Fsp3) is 0.231. The number of methoxy groups -OCH3 is 1. The number of hydrogen-bond acceptors (Lipinski definition) is 5. The summed E-state index contributed by atoms with van der Waals surface area (Å²) in [6.45, 7) is 1.73. The van der Waals surface area contributed by atoms with Gasteiger partial charge in [0, 0.05) is 5.92 Å². The van der Waals surface area contributed by atoms with Gasteiger partial charge in [0.25, 0.3) is 0 Å². The lowest BCUT2D eigenvalue weighted by Crippen LogP contribution is -2.17. The molecule has 1 aliphatic heterocycles. The molecule has 1 unspecified atom stereocenters. The predicted octanol–water partition coefficient (Wildman–Crippen LogP) is 4.89. The molecular formula is C26H24O5. The Balaban J connectivity index is 1.53.